The molecule has 1 heterocycles. The number of allylic oxidation sites excluding steroid dienone is 2. The van der Waals surface area contributed by atoms with Crippen LogP contribution < -0.4 is 0 Å². The summed E-state index contributed by atoms with van der Waals surface area (Å²) < 4.78 is 5.31. The lowest BCUT2D eigenvalue weighted by atomic mass is 9.89. The van der Waals surface area contributed by atoms with Crippen LogP contribution in [-0.4, -0.2) is 42.8 Å². The van der Waals surface area contributed by atoms with Crippen LogP contribution in [0.5, 0.6) is 0 Å². The number of benzene rings is 2. The average Bonchev–Trinajstić information content (AvgIpc) is 2.60. The van der Waals surface area contributed by atoms with Gasteiger partial charge in [0.25, 0.3) is 0 Å². The first-order valence-electron chi connectivity index (χ1n) is 7.51. The van der Waals surface area contributed by atoms with Gasteiger partial charge in [-0.1, -0.05) is 35.9 Å². The molecule has 0 aromatic heterocycles. The maximum atomic E-state index is 12.9. The highest BCUT2D eigenvalue weighted by molar-refractivity contribution is 6.50. The van der Waals surface area contributed by atoms with Crippen LogP contribution >= 0.6 is 11.6 Å². The predicted molar refractivity (Wildman–Crippen MR) is 87.9 cm³/mol. The van der Waals surface area contributed by atoms with Gasteiger partial charge in [0.15, 0.2) is 0 Å². The number of morpholine rings is 1. The molecule has 0 saturated carbocycles. The smallest absolute Gasteiger partial charge is 0.211 e. The summed E-state index contributed by atoms with van der Waals surface area (Å²) in [4.78, 5) is 27.4. The number of hydrogen-bond acceptors (Lipinski definition) is 4. The van der Waals surface area contributed by atoms with Gasteiger partial charge in [-0.15, -0.1) is 0 Å². The van der Waals surface area contributed by atoms with Gasteiger partial charge < -0.3 is 9.64 Å². The van der Waals surface area contributed by atoms with E-state index in [0.29, 0.717) is 43.1 Å². The van der Waals surface area contributed by atoms with Crippen LogP contribution in [0, 0.1) is 0 Å². The van der Waals surface area contributed by atoms with Crippen molar-refractivity contribution in [3.8, 4) is 0 Å². The standard InChI is InChI=1S/C18H14ClNO3/c19-15-16(20-5-7-23-8-6-20)18(22)14-10-12-4-2-1-3-11(12)9-13(14)17(15)21/h1-4,9-10H,5-8H2. The molecule has 2 aromatic carbocycles. The number of carbonyl (C=O) groups is 2. The Balaban J connectivity index is 1.87. The van der Waals surface area contributed by atoms with Crippen LogP contribution in [0.2, 0.25) is 0 Å². The van der Waals surface area contributed by atoms with Gasteiger partial charge in [-0.2, -0.15) is 0 Å². The minimum atomic E-state index is -0.284. The highest BCUT2D eigenvalue weighted by Gasteiger charge is 2.35. The fourth-order valence-electron chi connectivity index (χ4n) is 3.14. The fourth-order valence-corrected chi connectivity index (χ4v) is 3.45. The number of carbonyl (C=O) groups excluding carboxylic acids is 2. The summed E-state index contributed by atoms with van der Waals surface area (Å²) in [5.41, 5.74) is 1.12. The van der Waals surface area contributed by atoms with Crippen LogP contribution in [0.3, 0.4) is 0 Å². The third kappa shape index (κ3) is 2.26. The molecule has 116 valence electrons. The van der Waals surface area contributed by atoms with Crippen molar-refractivity contribution in [2.45, 2.75) is 0 Å². The molecule has 0 bridgehead atoms. The van der Waals surface area contributed by atoms with Gasteiger partial charge in [0.05, 0.1) is 13.2 Å². The molecule has 4 rings (SSSR count). The van der Waals surface area contributed by atoms with Crippen molar-refractivity contribution in [3.63, 3.8) is 0 Å². The van der Waals surface area contributed by atoms with E-state index in [-0.39, 0.29) is 16.6 Å². The zero-order valence-electron chi connectivity index (χ0n) is 12.3. The third-order valence-electron chi connectivity index (χ3n) is 4.32. The van der Waals surface area contributed by atoms with Gasteiger partial charge >= 0.3 is 0 Å². The first-order chi connectivity index (χ1) is 11.2. The summed E-state index contributed by atoms with van der Waals surface area (Å²) in [5.74, 6) is -0.467. The Hall–Kier alpha value is -2.17. The van der Waals surface area contributed by atoms with Crippen molar-refractivity contribution in [1.29, 1.82) is 0 Å². The molecule has 23 heavy (non-hydrogen) atoms. The van der Waals surface area contributed by atoms with Crippen molar-refractivity contribution < 1.29 is 14.3 Å². The van der Waals surface area contributed by atoms with Crippen LogP contribution in [0.1, 0.15) is 20.7 Å². The molecule has 0 spiro atoms. The minimum absolute atomic E-state index is 0.0136. The van der Waals surface area contributed by atoms with Gasteiger partial charge in [-0.3, -0.25) is 9.59 Å². The van der Waals surface area contributed by atoms with Crippen LogP contribution in [-0.2, 0) is 4.74 Å². The molecule has 2 aliphatic rings. The van der Waals surface area contributed by atoms with E-state index in [4.69, 9.17) is 16.3 Å². The Morgan fingerprint density at radius 3 is 2.09 bits per heavy atom. The fraction of sp³-hybridized carbons (Fsp3) is 0.222. The van der Waals surface area contributed by atoms with E-state index < -0.39 is 0 Å². The number of ether oxygens (including phenoxy) is 1. The molecular weight excluding hydrogens is 314 g/mol. The number of ketones is 2. The normalized spacial score (nSPS) is 18.6. The third-order valence-corrected chi connectivity index (χ3v) is 4.68. The highest BCUT2D eigenvalue weighted by atomic mass is 35.5. The van der Waals surface area contributed by atoms with Crippen LogP contribution in [0.15, 0.2) is 47.1 Å². The molecule has 0 amide bonds. The Morgan fingerprint density at radius 2 is 1.48 bits per heavy atom. The van der Waals surface area contributed by atoms with Crippen molar-refractivity contribution in [3.05, 3.63) is 58.3 Å². The van der Waals surface area contributed by atoms with Gasteiger partial charge in [-0.05, 0) is 22.9 Å². The van der Waals surface area contributed by atoms with E-state index >= 15 is 0 Å². The molecule has 0 atom stereocenters. The molecule has 1 aliphatic carbocycles. The zero-order valence-corrected chi connectivity index (χ0v) is 13.1. The summed E-state index contributed by atoms with van der Waals surface area (Å²) in [6, 6.07) is 11.2. The number of hydrogen-bond donors (Lipinski definition) is 0. The summed E-state index contributed by atoms with van der Waals surface area (Å²) >= 11 is 6.27. The van der Waals surface area contributed by atoms with Crippen molar-refractivity contribution in [2.24, 2.45) is 0 Å². The largest absolute Gasteiger partial charge is 0.378 e. The van der Waals surface area contributed by atoms with Crippen molar-refractivity contribution in [1.82, 2.24) is 4.90 Å². The number of rotatable bonds is 1. The van der Waals surface area contributed by atoms with E-state index in [1.165, 1.54) is 0 Å². The van der Waals surface area contributed by atoms with E-state index in [9.17, 15) is 9.59 Å². The molecular formula is C18H14ClNO3. The lowest BCUT2D eigenvalue weighted by Gasteiger charge is -2.32. The molecule has 5 heteroatoms. The summed E-state index contributed by atoms with van der Waals surface area (Å²) in [7, 11) is 0. The predicted octanol–water partition coefficient (Wildman–Crippen LogP) is 3.00. The number of fused-ring (bicyclic) bond motifs is 2. The van der Waals surface area contributed by atoms with E-state index in [0.717, 1.165) is 10.8 Å². The highest BCUT2D eigenvalue weighted by Crippen LogP contribution is 2.33. The average molecular weight is 328 g/mol. The van der Waals surface area contributed by atoms with Crippen LogP contribution in [0.4, 0.5) is 0 Å². The monoisotopic (exact) mass is 327 g/mol. The maximum absolute atomic E-state index is 12.9. The number of halogens is 1. The Kier molecular flexibility index (Phi) is 3.43. The molecule has 1 aliphatic heterocycles. The van der Waals surface area contributed by atoms with Crippen LogP contribution in [0.25, 0.3) is 10.8 Å². The van der Waals surface area contributed by atoms with Gasteiger partial charge in [0, 0.05) is 24.2 Å². The van der Waals surface area contributed by atoms with Gasteiger partial charge in [0.1, 0.15) is 10.7 Å². The summed E-state index contributed by atoms with van der Waals surface area (Å²) in [6.07, 6.45) is 0. The molecule has 2 aromatic rings. The first-order valence-corrected chi connectivity index (χ1v) is 7.89. The summed E-state index contributed by atoms with van der Waals surface area (Å²) in [6.45, 7) is 2.18. The second-order valence-electron chi connectivity index (χ2n) is 5.67. The second-order valence-corrected chi connectivity index (χ2v) is 6.04. The molecule has 0 radical (unpaired) electrons. The zero-order chi connectivity index (χ0) is 16.0. The Bertz CT molecular complexity index is 866. The first kappa shape index (κ1) is 14.4. The molecule has 0 N–H and O–H groups in total. The second kappa shape index (κ2) is 5.48. The molecule has 1 saturated heterocycles. The molecule has 4 nitrogen and oxygen atoms in total. The molecule has 0 unspecified atom stereocenters. The summed E-state index contributed by atoms with van der Waals surface area (Å²) in [5, 5.41) is 1.87. The number of Topliss-reactive ketones (excluding diaryl/α,β-unsaturated/α-hetero) is 2. The van der Waals surface area contributed by atoms with Crippen molar-refractivity contribution in [2.75, 3.05) is 26.3 Å². The van der Waals surface area contributed by atoms with E-state index in [1.807, 2.05) is 29.2 Å². The Morgan fingerprint density at radius 1 is 0.913 bits per heavy atom. The van der Waals surface area contributed by atoms with E-state index in [1.54, 1.807) is 12.1 Å². The van der Waals surface area contributed by atoms with Gasteiger partial charge in [-0.25, -0.2) is 0 Å². The Labute approximate surface area is 138 Å². The topological polar surface area (TPSA) is 46.6 Å². The minimum Gasteiger partial charge on any atom is -0.378 e. The molecule has 1 fully saturated rings. The quantitative estimate of drug-likeness (QED) is 0.808. The van der Waals surface area contributed by atoms with E-state index in [2.05, 4.69) is 0 Å². The van der Waals surface area contributed by atoms with Crippen molar-refractivity contribution >= 4 is 33.9 Å². The lowest BCUT2D eigenvalue weighted by molar-refractivity contribution is 0.0499. The maximum Gasteiger partial charge on any atom is 0.211 e. The SMILES string of the molecule is O=C1C(Cl)=C(N2CCOCC2)C(=O)c2cc3ccccc3cc21. The lowest BCUT2D eigenvalue weighted by Crippen LogP contribution is -2.40. The number of nitrogens with zero attached hydrogens (tertiary/aromatic N) is 1. The van der Waals surface area contributed by atoms with Gasteiger partial charge in [0.2, 0.25) is 11.6 Å².